The summed E-state index contributed by atoms with van der Waals surface area (Å²) in [4.78, 5) is 11.3. The molecular formula is C10H13NOS. The fourth-order valence-corrected chi connectivity index (χ4v) is 1.63. The molecule has 0 aromatic heterocycles. The Bertz CT molecular complexity index is 299. The molecule has 0 unspecified atom stereocenters. The summed E-state index contributed by atoms with van der Waals surface area (Å²) in [6, 6.07) is 7.69. The van der Waals surface area contributed by atoms with Gasteiger partial charge in [0.05, 0.1) is 0 Å². The highest BCUT2D eigenvalue weighted by Gasteiger charge is 2.02. The summed E-state index contributed by atoms with van der Waals surface area (Å²) in [5.74, 6) is 0.924. The highest BCUT2D eigenvalue weighted by Crippen LogP contribution is 2.11. The first kappa shape index (κ1) is 10.1. The van der Waals surface area contributed by atoms with Crippen LogP contribution in [0.1, 0.15) is 15.9 Å². The molecule has 1 aromatic carbocycles. The van der Waals surface area contributed by atoms with Crippen LogP contribution >= 0.6 is 11.8 Å². The molecule has 0 saturated carbocycles. The smallest absolute Gasteiger partial charge is 0.251 e. The van der Waals surface area contributed by atoms with Crippen molar-refractivity contribution in [3.63, 3.8) is 0 Å². The average Bonchev–Trinajstić information content (AvgIpc) is 2.18. The maximum Gasteiger partial charge on any atom is 0.251 e. The Hall–Kier alpha value is -0.960. The van der Waals surface area contributed by atoms with E-state index < -0.39 is 0 Å². The van der Waals surface area contributed by atoms with Gasteiger partial charge < -0.3 is 5.32 Å². The summed E-state index contributed by atoms with van der Waals surface area (Å²) in [6.45, 7) is 0. The van der Waals surface area contributed by atoms with Crippen molar-refractivity contribution in [3.8, 4) is 0 Å². The van der Waals surface area contributed by atoms with Crippen molar-refractivity contribution in [1.82, 2.24) is 5.32 Å². The van der Waals surface area contributed by atoms with Gasteiger partial charge in [-0.25, -0.2) is 0 Å². The molecule has 0 fully saturated rings. The second kappa shape index (κ2) is 4.92. The van der Waals surface area contributed by atoms with E-state index in [1.807, 2.05) is 30.5 Å². The first-order valence-corrected chi connectivity index (χ1v) is 5.47. The normalized spacial score (nSPS) is 9.69. The molecule has 0 saturated heterocycles. The molecule has 70 valence electrons. The quantitative estimate of drug-likeness (QED) is 0.798. The molecular weight excluding hydrogens is 182 g/mol. The maximum absolute atomic E-state index is 11.3. The van der Waals surface area contributed by atoms with E-state index in [0.29, 0.717) is 0 Å². The van der Waals surface area contributed by atoms with E-state index in [2.05, 4.69) is 5.32 Å². The molecule has 0 atom stereocenters. The van der Waals surface area contributed by atoms with Crippen molar-refractivity contribution in [2.75, 3.05) is 13.3 Å². The minimum absolute atomic E-state index is 0.0250. The first-order valence-electron chi connectivity index (χ1n) is 4.08. The highest BCUT2D eigenvalue weighted by atomic mass is 32.2. The minimum Gasteiger partial charge on any atom is -0.355 e. The third kappa shape index (κ3) is 2.77. The number of amides is 1. The molecule has 0 spiro atoms. The largest absolute Gasteiger partial charge is 0.355 e. The molecule has 1 amide bonds. The number of rotatable bonds is 3. The Morgan fingerprint density at radius 1 is 1.54 bits per heavy atom. The van der Waals surface area contributed by atoms with Crippen molar-refractivity contribution in [2.45, 2.75) is 5.75 Å². The molecule has 0 aliphatic rings. The lowest BCUT2D eigenvalue weighted by Gasteiger charge is -2.02. The van der Waals surface area contributed by atoms with Crippen LogP contribution in [0, 0.1) is 0 Å². The fraction of sp³-hybridized carbons (Fsp3) is 0.300. The lowest BCUT2D eigenvalue weighted by Crippen LogP contribution is -2.17. The molecule has 13 heavy (non-hydrogen) atoms. The average molecular weight is 195 g/mol. The highest BCUT2D eigenvalue weighted by molar-refractivity contribution is 7.97. The molecule has 0 bridgehead atoms. The van der Waals surface area contributed by atoms with Gasteiger partial charge in [-0.2, -0.15) is 11.8 Å². The molecule has 0 aliphatic carbocycles. The van der Waals surface area contributed by atoms with Crippen LogP contribution in [0.3, 0.4) is 0 Å². The summed E-state index contributed by atoms with van der Waals surface area (Å²) in [6.07, 6.45) is 2.05. The van der Waals surface area contributed by atoms with Crippen LogP contribution in [0.25, 0.3) is 0 Å². The number of nitrogens with one attached hydrogen (secondary N) is 1. The van der Waals surface area contributed by atoms with Crippen molar-refractivity contribution < 1.29 is 4.79 Å². The van der Waals surface area contributed by atoms with E-state index in [4.69, 9.17) is 0 Å². The molecule has 0 radical (unpaired) electrons. The van der Waals surface area contributed by atoms with Gasteiger partial charge in [0.1, 0.15) is 0 Å². The first-order chi connectivity index (χ1) is 6.27. The van der Waals surface area contributed by atoms with E-state index in [1.54, 1.807) is 18.8 Å². The van der Waals surface area contributed by atoms with E-state index in [0.717, 1.165) is 11.3 Å². The summed E-state index contributed by atoms with van der Waals surface area (Å²) < 4.78 is 0. The van der Waals surface area contributed by atoms with Crippen LogP contribution in [0.15, 0.2) is 24.3 Å². The maximum atomic E-state index is 11.3. The molecule has 3 heteroatoms. The third-order valence-electron chi connectivity index (χ3n) is 1.73. The van der Waals surface area contributed by atoms with Gasteiger partial charge in [-0.1, -0.05) is 12.1 Å². The van der Waals surface area contributed by atoms with Gasteiger partial charge in [0.25, 0.3) is 5.91 Å². The topological polar surface area (TPSA) is 29.1 Å². The lowest BCUT2D eigenvalue weighted by atomic mass is 10.1. The zero-order chi connectivity index (χ0) is 9.68. The minimum atomic E-state index is -0.0250. The summed E-state index contributed by atoms with van der Waals surface area (Å²) in [5, 5.41) is 2.60. The van der Waals surface area contributed by atoms with Crippen molar-refractivity contribution in [2.24, 2.45) is 0 Å². The molecule has 0 aliphatic heterocycles. The van der Waals surface area contributed by atoms with Gasteiger partial charge in [-0.3, -0.25) is 4.79 Å². The predicted molar refractivity (Wildman–Crippen MR) is 57.1 cm³/mol. The Balaban J connectivity index is 2.85. The van der Waals surface area contributed by atoms with Crippen LogP contribution in [0.4, 0.5) is 0 Å². The molecule has 2 nitrogen and oxygen atoms in total. The number of carbonyl (C=O) groups is 1. The van der Waals surface area contributed by atoms with Gasteiger partial charge in [-0.05, 0) is 24.0 Å². The Labute approximate surface area is 82.7 Å². The summed E-state index contributed by atoms with van der Waals surface area (Å²) in [5.41, 5.74) is 1.92. The third-order valence-corrected chi connectivity index (χ3v) is 2.35. The van der Waals surface area contributed by atoms with Crippen LogP contribution < -0.4 is 5.32 Å². The number of hydrogen-bond acceptors (Lipinski definition) is 2. The fourth-order valence-electron chi connectivity index (χ4n) is 1.11. The second-order valence-electron chi connectivity index (χ2n) is 2.71. The standard InChI is InChI=1S/C10H13NOS/c1-11-10(12)9-5-3-4-8(6-9)7-13-2/h3-6H,7H2,1-2H3,(H,11,12). The van der Waals surface area contributed by atoms with E-state index in [-0.39, 0.29) is 5.91 Å². The predicted octanol–water partition coefficient (Wildman–Crippen LogP) is 1.91. The lowest BCUT2D eigenvalue weighted by molar-refractivity contribution is 0.0963. The van der Waals surface area contributed by atoms with Gasteiger partial charge in [-0.15, -0.1) is 0 Å². The monoisotopic (exact) mass is 195 g/mol. The van der Waals surface area contributed by atoms with Gasteiger partial charge in [0.15, 0.2) is 0 Å². The Morgan fingerprint density at radius 2 is 2.31 bits per heavy atom. The van der Waals surface area contributed by atoms with Crippen molar-refractivity contribution >= 4 is 17.7 Å². The Kier molecular flexibility index (Phi) is 3.83. The molecule has 1 N–H and O–H groups in total. The number of carbonyl (C=O) groups excluding carboxylic acids is 1. The Morgan fingerprint density at radius 3 is 2.92 bits per heavy atom. The summed E-state index contributed by atoms with van der Waals surface area (Å²) in [7, 11) is 1.64. The van der Waals surface area contributed by atoms with Crippen LogP contribution in [-0.4, -0.2) is 19.2 Å². The van der Waals surface area contributed by atoms with Crippen molar-refractivity contribution in [1.29, 1.82) is 0 Å². The molecule has 1 aromatic rings. The zero-order valence-electron chi connectivity index (χ0n) is 7.83. The van der Waals surface area contributed by atoms with Crippen LogP contribution in [0.2, 0.25) is 0 Å². The van der Waals surface area contributed by atoms with E-state index in [1.165, 1.54) is 5.56 Å². The van der Waals surface area contributed by atoms with Crippen molar-refractivity contribution in [3.05, 3.63) is 35.4 Å². The van der Waals surface area contributed by atoms with E-state index >= 15 is 0 Å². The SMILES string of the molecule is CNC(=O)c1cccc(CSC)c1. The molecule has 1 rings (SSSR count). The van der Waals surface area contributed by atoms with E-state index in [9.17, 15) is 4.79 Å². The number of benzene rings is 1. The van der Waals surface area contributed by atoms with Gasteiger partial charge in [0, 0.05) is 18.4 Å². The zero-order valence-corrected chi connectivity index (χ0v) is 8.65. The van der Waals surface area contributed by atoms with Crippen LogP contribution in [0.5, 0.6) is 0 Å². The second-order valence-corrected chi connectivity index (χ2v) is 3.58. The summed E-state index contributed by atoms with van der Waals surface area (Å²) >= 11 is 1.75. The van der Waals surface area contributed by atoms with Gasteiger partial charge >= 0.3 is 0 Å². The van der Waals surface area contributed by atoms with Crippen LogP contribution in [-0.2, 0) is 5.75 Å². The number of hydrogen-bond donors (Lipinski definition) is 1. The van der Waals surface area contributed by atoms with Gasteiger partial charge in [0.2, 0.25) is 0 Å². The molecule has 0 heterocycles. The number of thioether (sulfide) groups is 1.